The first-order valence-electron chi connectivity index (χ1n) is 11.1. The van der Waals surface area contributed by atoms with Crippen LogP contribution in [0.5, 0.6) is 5.75 Å². The van der Waals surface area contributed by atoms with Gasteiger partial charge in [-0.2, -0.15) is 0 Å². The third kappa shape index (κ3) is 5.17. The summed E-state index contributed by atoms with van der Waals surface area (Å²) in [6.45, 7) is 5.93. The smallest absolute Gasteiger partial charge is 0.341 e. The van der Waals surface area contributed by atoms with Gasteiger partial charge in [0.05, 0.1) is 31.8 Å². The van der Waals surface area contributed by atoms with Gasteiger partial charge < -0.3 is 19.2 Å². The highest BCUT2D eigenvalue weighted by Gasteiger charge is 2.24. The number of thioether (sulfide) groups is 1. The molecular weight excluding hydrogens is 500 g/mol. The fraction of sp³-hybridized carbons (Fsp3) is 0.280. The van der Waals surface area contributed by atoms with Gasteiger partial charge in [0.25, 0.3) is 0 Å². The van der Waals surface area contributed by atoms with Crippen LogP contribution in [0.1, 0.15) is 36.0 Å². The van der Waals surface area contributed by atoms with Gasteiger partial charge in [-0.3, -0.25) is 9.36 Å². The Bertz CT molecular complexity index is 1370. The van der Waals surface area contributed by atoms with Crippen LogP contribution in [0.25, 0.3) is 22.5 Å². The lowest BCUT2D eigenvalue weighted by Crippen LogP contribution is -2.16. The molecule has 3 aromatic heterocycles. The molecule has 0 spiro atoms. The molecule has 0 unspecified atom stereocenters. The maximum atomic E-state index is 12.9. The molecule has 0 saturated heterocycles. The van der Waals surface area contributed by atoms with Gasteiger partial charge in [-0.1, -0.05) is 23.9 Å². The molecule has 0 aliphatic heterocycles. The number of nitrogens with one attached hydrogen (secondary N) is 1. The average molecular weight is 527 g/mol. The zero-order valence-electron chi connectivity index (χ0n) is 20.5. The predicted molar refractivity (Wildman–Crippen MR) is 140 cm³/mol. The number of carbonyl (C=O) groups excluding carboxylic acids is 2. The van der Waals surface area contributed by atoms with Crippen LogP contribution < -0.4 is 10.1 Å². The number of amides is 1. The highest BCUT2D eigenvalue weighted by atomic mass is 32.2. The third-order valence-electron chi connectivity index (χ3n) is 5.45. The third-order valence-corrected chi connectivity index (χ3v) is 7.29. The first-order chi connectivity index (χ1) is 17.3. The van der Waals surface area contributed by atoms with E-state index in [1.165, 1.54) is 30.2 Å². The molecule has 1 N–H and O–H groups in total. The van der Waals surface area contributed by atoms with Crippen LogP contribution in [-0.4, -0.2) is 46.6 Å². The van der Waals surface area contributed by atoms with Gasteiger partial charge in [0.1, 0.15) is 22.1 Å². The number of methoxy groups -OCH3 is 2. The fourth-order valence-corrected chi connectivity index (χ4v) is 5.51. The molecule has 0 aliphatic rings. The Labute approximate surface area is 216 Å². The van der Waals surface area contributed by atoms with Crippen molar-refractivity contribution in [2.24, 2.45) is 0 Å². The molecule has 0 atom stereocenters. The molecule has 0 saturated carbocycles. The number of aryl methyl sites for hydroxylation is 1. The lowest BCUT2D eigenvalue weighted by molar-refractivity contribution is -0.113. The van der Waals surface area contributed by atoms with Gasteiger partial charge in [0, 0.05) is 17.0 Å². The standard InChI is InChI=1S/C25H26N4O5S2/c1-14(2)29-22(18-10-11-34-15(18)3)27-28-25(29)36-13-20(30)26-23-21(24(31)33-5)19(12-35-23)16-6-8-17(32-4)9-7-16/h6-12,14H,13H2,1-5H3,(H,26,30). The predicted octanol–water partition coefficient (Wildman–Crippen LogP) is 5.68. The lowest BCUT2D eigenvalue weighted by atomic mass is 10.0. The van der Waals surface area contributed by atoms with E-state index in [1.54, 1.807) is 13.4 Å². The molecule has 0 aliphatic carbocycles. The maximum Gasteiger partial charge on any atom is 0.341 e. The van der Waals surface area contributed by atoms with E-state index in [0.29, 0.717) is 32.9 Å². The number of furan rings is 1. The summed E-state index contributed by atoms with van der Waals surface area (Å²) < 4.78 is 17.6. The van der Waals surface area contributed by atoms with Crippen LogP contribution in [0.2, 0.25) is 0 Å². The Balaban J connectivity index is 1.53. The second-order valence-electron chi connectivity index (χ2n) is 8.07. The van der Waals surface area contributed by atoms with Crippen molar-refractivity contribution in [3.05, 3.63) is 53.3 Å². The number of esters is 1. The molecule has 36 heavy (non-hydrogen) atoms. The van der Waals surface area contributed by atoms with Crippen LogP contribution in [0, 0.1) is 6.92 Å². The second kappa shape index (κ2) is 11.0. The van der Waals surface area contributed by atoms with E-state index in [2.05, 4.69) is 15.5 Å². The van der Waals surface area contributed by atoms with Gasteiger partial charge in [0.15, 0.2) is 11.0 Å². The van der Waals surface area contributed by atoms with E-state index in [4.69, 9.17) is 13.9 Å². The summed E-state index contributed by atoms with van der Waals surface area (Å²) in [6.07, 6.45) is 1.62. The molecule has 1 amide bonds. The minimum absolute atomic E-state index is 0.0742. The Hall–Kier alpha value is -3.57. The maximum absolute atomic E-state index is 12.9. The fourth-order valence-electron chi connectivity index (χ4n) is 3.67. The first kappa shape index (κ1) is 25.5. The van der Waals surface area contributed by atoms with E-state index in [1.807, 2.05) is 61.1 Å². The van der Waals surface area contributed by atoms with Crippen molar-refractivity contribution in [1.82, 2.24) is 14.8 Å². The summed E-state index contributed by atoms with van der Waals surface area (Å²) in [5.74, 6) is 1.44. The molecule has 9 nitrogen and oxygen atoms in total. The van der Waals surface area contributed by atoms with Crippen molar-refractivity contribution < 1.29 is 23.5 Å². The highest BCUT2D eigenvalue weighted by Crippen LogP contribution is 2.37. The van der Waals surface area contributed by atoms with Gasteiger partial charge in [-0.15, -0.1) is 21.5 Å². The van der Waals surface area contributed by atoms with Crippen molar-refractivity contribution >= 4 is 40.0 Å². The van der Waals surface area contributed by atoms with Crippen molar-refractivity contribution in [2.45, 2.75) is 32.0 Å². The average Bonchev–Trinajstić information content (AvgIpc) is 3.60. The van der Waals surface area contributed by atoms with Gasteiger partial charge in [-0.05, 0) is 44.5 Å². The summed E-state index contributed by atoms with van der Waals surface area (Å²) in [7, 11) is 2.91. The van der Waals surface area contributed by atoms with Gasteiger partial charge >= 0.3 is 5.97 Å². The Morgan fingerprint density at radius 1 is 1.14 bits per heavy atom. The molecule has 4 rings (SSSR count). The van der Waals surface area contributed by atoms with E-state index < -0.39 is 5.97 Å². The number of nitrogens with zero attached hydrogens (tertiary/aromatic N) is 3. The summed E-state index contributed by atoms with van der Waals surface area (Å²) in [4.78, 5) is 25.5. The van der Waals surface area contributed by atoms with Crippen LogP contribution in [0.3, 0.4) is 0 Å². The summed E-state index contributed by atoms with van der Waals surface area (Å²) in [5.41, 5.74) is 2.67. The van der Waals surface area contributed by atoms with Crippen LogP contribution in [0.4, 0.5) is 5.00 Å². The molecule has 0 fully saturated rings. The van der Waals surface area contributed by atoms with E-state index in [9.17, 15) is 9.59 Å². The molecule has 11 heteroatoms. The number of carbonyl (C=O) groups is 2. The summed E-state index contributed by atoms with van der Waals surface area (Å²) in [5, 5.41) is 14.4. The lowest BCUT2D eigenvalue weighted by Gasteiger charge is -2.13. The van der Waals surface area contributed by atoms with E-state index in [0.717, 1.165) is 16.9 Å². The monoisotopic (exact) mass is 526 g/mol. The number of hydrogen-bond acceptors (Lipinski definition) is 9. The quantitative estimate of drug-likeness (QED) is 0.219. The summed E-state index contributed by atoms with van der Waals surface area (Å²) >= 11 is 2.55. The van der Waals surface area contributed by atoms with Gasteiger partial charge in [-0.25, -0.2) is 4.79 Å². The van der Waals surface area contributed by atoms with E-state index in [-0.39, 0.29) is 17.7 Å². The SMILES string of the molecule is COC(=O)c1c(-c2ccc(OC)cc2)csc1NC(=O)CSc1nnc(-c2ccoc2C)n1C(C)C. The summed E-state index contributed by atoms with van der Waals surface area (Å²) in [6, 6.07) is 9.26. The number of hydrogen-bond donors (Lipinski definition) is 1. The van der Waals surface area contributed by atoms with Gasteiger partial charge in [0.2, 0.25) is 5.91 Å². The number of aromatic nitrogens is 3. The molecule has 4 aromatic rings. The number of ether oxygens (including phenoxy) is 2. The molecule has 3 heterocycles. The van der Waals surface area contributed by atoms with Crippen molar-refractivity contribution in [3.8, 4) is 28.3 Å². The Morgan fingerprint density at radius 2 is 1.89 bits per heavy atom. The molecule has 188 valence electrons. The molecule has 0 bridgehead atoms. The largest absolute Gasteiger partial charge is 0.497 e. The number of rotatable bonds is 9. The minimum atomic E-state index is -0.523. The number of thiophene rings is 1. The number of benzene rings is 1. The molecule has 0 radical (unpaired) electrons. The zero-order chi connectivity index (χ0) is 25.8. The number of anilines is 1. The Morgan fingerprint density at radius 3 is 2.50 bits per heavy atom. The van der Waals surface area contributed by atoms with Crippen molar-refractivity contribution in [2.75, 3.05) is 25.3 Å². The van der Waals surface area contributed by atoms with Crippen LogP contribution in [-0.2, 0) is 9.53 Å². The second-order valence-corrected chi connectivity index (χ2v) is 9.89. The van der Waals surface area contributed by atoms with E-state index >= 15 is 0 Å². The van der Waals surface area contributed by atoms with Crippen LogP contribution >= 0.6 is 23.1 Å². The zero-order valence-corrected chi connectivity index (χ0v) is 22.2. The normalized spacial score (nSPS) is 11.1. The van der Waals surface area contributed by atoms with Crippen LogP contribution in [0.15, 0.2) is 51.5 Å². The molecule has 1 aromatic carbocycles. The topological polar surface area (TPSA) is 108 Å². The Kier molecular flexibility index (Phi) is 7.80. The molecular formula is C25H26N4O5S2. The van der Waals surface area contributed by atoms with Crippen molar-refractivity contribution in [1.29, 1.82) is 0 Å². The minimum Gasteiger partial charge on any atom is -0.497 e. The van der Waals surface area contributed by atoms with Crippen molar-refractivity contribution in [3.63, 3.8) is 0 Å². The first-order valence-corrected chi connectivity index (χ1v) is 13.0. The highest BCUT2D eigenvalue weighted by molar-refractivity contribution is 7.99.